The molecule has 1 aliphatic carbocycles. The molecule has 2 aliphatic rings. The van der Waals surface area contributed by atoms with Gasteiger partial charge in [-0.3, -0.25) is 4.90 Å². The van der Waals surface area contributed by atoms with Crippen molar-refractivity contribution < 1.29 is 4.74 Å². The highest BCUT2D eigenvalue weighted by molar-refractivity contribution is 5.08. The summed E-state index contributed by atoms with van der Waals surface area (Å²) in [6.45, 7) is 12.0. The lowest BCUT2D eigenvalue weighted by Crippen LogP contribution is -2.64. The average molecular weight is 240 g/mol. The van der Waals surface area contributed by atoms with Crippen molar-refractivity contribution >= 4 is 0 Å². The standard InChI is InChI=1S/C14H28N2O/c1-11-8-16(9-12(2)17-11)14(10-15)7-5-6-13(14,3)4/h11-12H,5-10,15H2,1-4H3. The van der Waals surface area contributed by atoms with Crippen molar-refractivity contribution in [2.24, 2.45) is 11.1 Å². The first-order valence-electron chi connectivity index (χ1n) is 7.02. The molecule has 0 aromatic rings. The number of nitrogens with zero attached hydrogens (tertiary/aromatic N) is 1. The minimum Gasteiger partial charge on any atom is -0.373 e. The van der Waals surface area contributed by atoms with Crippen LogP contribution in [0.25, 0.3) is 0 Å². The molecule has 0 aromatic heterocycles. The van der Waals surface area contributed by atoms with Gasteiger partial charge in [-0.2, -0.15) is 0 Å². The fourth-order valence-corrected chi connectivity index (χ4v) is 4.01. The Morgan fingerprint density at radius 3 is 2.18 bits per heavy atom. The number of morpholine rings is 1. The second-order valence-corrected chi connectivity index (χ2v) is 6.64. The van der Waals surface area contributed by atoms with Gasteiger partial charge in [0.2, 0.25) is 0 Å². The predicted molar refractivity (Wildman–Crippen MR) is 71.0 cm³/mol. The molecule has 0 bridgehead atoms. The maximum absolute atomic E-state index is 6.18. The number of ether oxygens (including phenoxy) is 1. The van der Waals surface area contributed by atoms with Crippen LogP contribution < -0.4 is 5.73 Å². The van der Waals surface area contributed by atoms with Gasteiger partial charge >= 0.3 is 0 Å². The SMILES string of the molecule is CC1CN(C2(CN)CCCC2(C)C)CC(C)O1. The second-order valence-electron chi connectivity index (χ2n) is 6.64. The van der Waals surface area contributed by atoms with Crippen LogP contribution in [0.1, 0.15) is 47.0 Å². The van der Waals surface area contributed by atoms with Crippen molar-refractivity contribution in [3.8, 4) is 0 Å². The van der Waals surface area contributed by atoms with E-state index in [0.29, 0.717) is 17.6 Å². The average Bonchev–Trinajstić information content (AvgIpc) is 2.52. The lowest BCUT2D eigenvalue weighted by molar-refractivity contribution is -0.119. The highest BCUT2D eigenvalue weighted by atomic mass is 16.5. The molecule has 2 fully saturated rings. The molecule has 1 saturated heterocycles. The predicted octanol–water partition coefficient (Wildman–Crippen LogP) is 2.00. The summed E-state index contributed by atoms with van der Waals surface area (Å²) in [5, 5.41) is 0. The summed E-state index contributed by atoms with van der Waals surface area (Å²) in [5.74, 6) is 0. The summed E-state index contributed by atoms with van der Waals surface area (Å²) in [4.78, 5) is 2.62. The van der Waals surface area contributed by atoms with Crippen LogP contribution >= 0.6 is 0 Å². The van der Waals surface area contributed by atoms with Gasteiger partial charge in [0.25, 0.3) is 0 Å². The quantitative estimate of drug-likeness (QED) is 0.802. The maximum atomic E-state index is 6.18. The first kappa shape index (κ1) is 13.3. The Morgan fingerprint density at radius 2 is 1.76 bits per heavy atom. The maximum Gasteiger partial charge on any atom is 0.0678 e. The van der Waals surface area contributed by atoms with Gasteiger partial charge in [-0.1, -0.05) is 20.3 Å². The van der Waals surface area contributed by atoms with Crippen molar-refractivity contribution in [2.75, 3.05) is 19.6 Å². The normalized spacial score (nSPS) is 42.9. The molecular formula is C14H28N2O. The fourth-order valence-electron chi connectivity index (χ4n) is 4.01. The van der Waals surface area contributed by atoms with E-state index in [1.807, 2.05) is 0 Å². The molecule has 2 rings (SSSR count). The molecule has 100 valence electrons. The molecule has 1 aliphatic heterocycles. The lowest BCUT2D eigenvalue weighted by atomic mass is 9.73. The zero-order chi connectivity index (χ0) is 12.7. The molecule has 3 nitrogen and oxygen atoms in total. The number of hydrogen-bond donors (Lipinski definition) is 1. The number of nitrogens with two attached hydrogens (primary N) is 1. The molecule has 0 radical (unpaired) electrons. The molecule has 3 unspecified atom stereocenters. The van der Waals surface area contributed by atoms with Gasteiger partial charge < -0.3 is 10.5 Å². The van der Waals surface area contributed by atoms with Gasteiger partial charge in [-0.05, 0) is 32.1 Å². The van der Waals surface area contributed by atoms with Crippen molar-refractivity contribution in [1.82, 2.24) is 4.90 Å². The third-order valence-electron chi connectivity index (χ3n) is 5.01. The van der Waals surface area contributed by atoms with Gasteiger partial charge in [0.05, 0.1) is 12.2 Å². The van der Waals surface area contributed by atoms with Crippen LogP contribution in [0.15, 0.2) is 0 Å². The molecule has 0 spiro atoms. The molecular weight excluding hydrogens is 212 g/mol. The summed E-state index contributed by atoms with van der Waals surface area (Å²) >= 11 is 0. The zero-order valence-electron chi connectivity index (χ0n) is 11.8. The van der Waals surface area contributed by atoms with E-state index in [1.54, 1.807) is 0 Å². The van der Waals surface area contributed by atoms with E-state index in [2.05, 4.69) is 32.6 Å². The Hall–Kier alpha value is -0.120. The van der Waals surface area contributed by atoms with Crippen LogP contribution in [0.5, 0.6) is 0 Å². The Labute approximate surface area is 106 Å². The molecule has 0 aromatic carbocycles. The van der Waals surface area contributed by atoms with Crippen LogP contribution in [0, 0.1) is 5.41 Å². The van der Waals surface area contributed by atoms with E-state index in [4.69, 9.17) is 10.5 Å². The van der Waals surface area contributed by atoms with Crippen LogP contribution in [0.3, 0.4) is 0 Å². The summed E-state index contributed by atoms with van der Waals surface area (Å²) in [6, 6.07) is 0. The smallest absolute Gasteiger partial charge is 0.0678 e. The van der Waals surface area contributed by atoms with E-state index >= 15 is 0 Å². The topological polar surface area (TPSA) is 38.5 Å². The fraction of sp³-hybridized carbons (Fsp3) is 1.00. The van der Waals surface area contributed by atoms with E-state index in [9.17, 15) is 0 Å². The van der Waals surface area contributed by atoms with Gasteiger partial charge in [0.1, 0.15) is 0 Å². The summed E-state index contributed by atoms with van der Waals surface area (Å²) in [5.41, 5.74) is 6.71. The summed E-state index contributed by atoms with van der Waals surface area (Å²) in [7, 11) is 0. The van der Waals surface area contributed by atoms with E-state index in [0.717, 1.165) is 19.6 Å². The Balaban J connectivity index is 2.23. The summed E-state index contributed by atoms with van der Waals surface area (Å²) in [6.07, 6.45) is 4.52. The molecule has 0 amide bonds. The van der Waals surface area contributed by atoms with E-state index in [-0.39, 0.29) is 5.54 Å². The van der Waals surface area contributed by atoms with Crippen LogP contribution in [-0.4, -0.2) is 42.3 Å². The minimum absolute atomic E-state index is 0.194. The minimum atomic E-state index is 0.194. The highest BCUT2D eigenvalue weighted by Crippen LogP contribution is 2.49. The Kier molecular flexibility index (Phi) is 3.54. The molecule has 17 heavy (non-hydrogen) atoms. The molecule has 3 heteroatoms. The van der Waals surface area contributed by atoms with Crippen molar-refractivity contribution in [3.63, 3.8) is 0 Å². The highest BCUT2D eigenvalue weighted by Gasteiger charge is 2.52. The molecule has 1 heterocycles. The third-order valence-corrected chi connectivity index (χ3v) is 5.01. The lowest BCUT2D eigenvalue weighted by Gasteiger charge is -2.53. The molecule has 1 saturated carbocycles. The van der Waals surface area contributed by atoms with Crippen LogP contribution in [0.4, 0.5) is 0 Å². The first-order chi connectivity index (χ1) is 7.91. The summed E-state index contributed by atoms with van der Waals surface area (Å²) < 4.78 is 5.85. The molecule has 2 N–H and O–H groups in total. The number of hydrogen-bond acceptors (Lipinski definition) is 3. The Morgan fingerprint density at radius 1 is 1.18 bits per heavy atom. The van der Waals surface area contributed by atoms with Gasteiger partial charge in [0.15, 0.2) is 0 Å². The van der Waals surface area contributed by atoms with E-state index in [1.165, 1.54) is 19.3 Å². The van der Waals surface area contributed by atoms with Gasteiger partial charge in [-0.25, -0.2) is 0 Å². The Bertz CT molecular complexity index is 269. The van der Waals surface area contributed by atoms with Crippen molar-refractivity contribution in [1.29, 1.82) is 0 Å². The van der Waals surface area contributed by atoms with Gasteiger partial charge in [-0.15, -0.1) is 0 Å². The van der Waals surface area contributed by atoms with Crippen LogP contribution in [-0.2, 0) is 4.74 Å². The van der Waals surface area contributed by atoms with Crippen molar-refractivity contribution in [2.45, 2.75) is 64.7 Å². The monoisotopic (exact) mass is 240 g/mol. The molecule has 3 atom stereocenters. The number of rotatable bonds is 2. The third kappa shape index (κ3) is 2.13. The largest absolute Gasteiger partial charge is 0.373 e. The zero-order valence-corrected chi connectivity index (χ0v) is 11.8. The first-order valence-corrected chi connectivity index (χ1v) is 7.02. The van der Waals surface area contributed by atoms with E-state index < -0.39 is 0 Å². The van der Waals surface area contributed by atoms with Crippen LogP contribution in [0.2, 0.25) is 0 Å². The van der Waals surface area contributed by atoms with Gasteiger partial charge in [0, 0.05) is 25.2 Å². The van der Waals surface area contributed by atoms with Crippen molar-refractivity contribution in [3.05, 3.63) is 0 Å². The second kappa shape index (κ2) is 4.52.